The summed E-state index contributed by atoms with van der Waals surface area (Å²) in [4.78, 5) is 78.4. The van der Waals surface area contributed by atoms with Gasteiger partial charge in [0.05, 0.1) is 36.9 Å². The van der Waals surface area contributed by atoms with Crippen molar-refractivity contribution in [3.63, 3.8) is 0 Å². The summed E-state index contributed by atoms with van der Waals surface area (Å²) in [5.41, 5.74) is 0.908. The Balaban J connectivity index is 1.70. The average Bonchev–Trinajstić information content (AvgIpc) is 3.07. The number of carbonyl (C=O) groups excluding carboxylic acids is 5. The zero-order chi connectivity index (χ0) is 29.5. The van der Waals surface area contributed by atoms with E-state index in [4.69, 9.17) is 5.11 Å². The highest BCUT2D eigenvalue weighted by molar-refractivity contribution is 6.13. The Bertz CT molecular complexity index is 1500. The van der Waals surface area contributed by atoms with Gasteiger partial charge in [-0.15, -0.1) is 0 Å². The van der Waals surface area contributed by atoms with Crippen LogP contribution in [0.2, 0.25) is 0 Å². The third-order valence-electron chi connectivity index (χ3n) is 6.57. The van der Waals surface area contributed by atoms with Gasteiger partial charge in [-0.05, 0) is 36.0 Å². The lowest BCUT2D eigenvalue weighted by Gasteiger charge is -2.25. The topological polar surface area (TPSA) is 165 Å². The van der Waals surface area contributed by atoms with E-state index >= 15 is 0 Å². The van der Waals surface area contributed by atoms with E-state index in [1.54, 1.807) is 55.6 Å². The molecule has 41 heavy (non-hydrogen) atoms. The summed E-state index contributed by atoms with van der Waals surface area (Å²) in [7, 11) is 1.60. The number of nitrogens with zero attached hydrogens (tertiary/aromatic N) is 2. The summed E-state index contributed by atoms with van der Waals surface area (Å²) in [5, 5.41) is 18.4. The van der Waals surface area contributed by atoms with Gasteiger partial charge >= 0.3 is 5.97 Å². The van der Waals surface area contributed by atoms with Crippen LogP contribution in [0.3, 0.4) is 0 Å². The zero-order valence-electron chi connectivity index (χ0n) is 22.2. The molecule has 0 bridgehead atoms. The van der Waals surface area contributed by atoms with Crippen molar-refractivity contribution in [1.29, 1.82) is 0 Å². The van der Waals surface area contributed by atoms with Crippen LogP contribution in [0.25, 0.3) is 10.8 Å². The van der Waals surface area contributed by atoms with Crippen LogP contribution in [-0.4, -0.2) is 79.8 Å². The Morgan fingerprint density at radius 2 is 1.68 bits per heavy atom. The van der Waals surface area contributed by atoms with Crippen LogP contribution in [0.1, 0.15) is 16.8 Å². The predicted octanol–water partition coefficient (Wildman–Crippen LogP) is 0.696. The summed E-state index contributed by atoms with van der Waals surface area (Å²) in [6, 6.07) is 16.4. The fourth-order valence-corrected chi connectivity index (χ4v) is 4.72. The molecule has 212 valence electrons. The molecule has 12 heteroatoms. The number of anilines is 2. The number of benzene rings is 3. The summed E-state index contributed by atoms with van der Waals surface area (Å²) < 4.78 is 0. The van der Waals surface area contributed by atoms with Gasteiger partial charge in [-0.2, -0.15) is 0 Å². The minimum absolute atomic E-state index is 0.0524. The zero-order valence-corrected chi connectivity index (χ0v) is 22.2. The fourth-order valence-electron chi connectivity index (χ4n) is 4.72. The number of fused-ring (bicyclic) bond motifs is 2. The number of carboxylic acids is 1. The van der Waals surface area contributed by atoms with E-state index < -0.39 is 48.7 Å². The molecule has 4 N–H and O–H groups in total. The molecule has 1 aliphatic heterocycles. The van der Waals surface area contributed by atoms with Gasteiger partial charge in [-0.3, -0.25) is 28.9 Å². The second-order valence-electron chi connectivity index (χ2n) is 9.41. The summed E-state index contributed by atoms with van der Waals surface area (Å²) >= 11 is 0. The number of likely N-dealkylation sites (N-methyl/N-ethyl adjacent to an activating group) is 1. The SMILES string of the molecule is CNCC(=O)N1C[C@H](NC(=O)c2cccc3ccccc23)C(=O)N(CC(=O)NC(C=O)CC(=O)O)c2ccccc21. The molecule has 0 aromatic heterocycles. The molecule has 4 amide bonds. The van der Waals surface area contributed by atoms with Gasteiger partial charge in [0.25, 0.3) is 11.8 Å². The molecule has 1 unspecified atom stereocenters. The lowest BCUT2D eigenvalue weighted by Crippen LogP contribution is -2.55. The Morgan fingerprint density at radius 3 is 2.39 bits per heavy atom. The first-order chi connectivity index (χ1) is 19.7. The van der Waals surface area contributed by atoms with Crippen molar-refractivity contribution in [3.05, 3.63) is 72.3 Å². The molecule has 2 atom stereocenters. The van der Waals surface area contributed by atoms with Gasteiger partial charge in [0.2, 0.25) is 11.8 Å². The van der Waals surface area contributed by atoms with Crippen LogP contribution < -0.4 is 25.8 Å². The van der Waals surface area contributed by atoms with Gasteiger partial charge in [-0.25, -0.2) is 0 Å². The van der Waals surface area contributed by atoms with Crippen molar-refractivity contribution in [2.45, 2.75) is 18.5 Å². The molecular weight excluding hydrogens is 530 g/mol. The number of hydrogen-bond donors (Lipinski definition) is 4. The van der Waals surface area contributed by atoms with Gasteiger partial charge in [0.15, 0.2) is 0 Å². The van der Waals surface area contributed by atoms with E-state index in [1.165, 1.54) is 4.90 Å². The highest BCUT2D eigenvalue weighted by Crippen LogP contribution is 2.33. The highest BCUT2D eigenvalue weighted by atomic mass is 16.4. The largest absolute Gasteiger partial charge is 0.481 e. The monoisotopic (exact) mass is 559 g/mol. The normalized spacial score (nSPS) is 15.4. The first-order valence-electron chi connectivity index (χ1n) is 12.8. The van der Waals surface area contributed by atoms with E-state index in [2.05, 4.69) is 16.0 Å². The van der Waals surface area contributed by atoms with Gasteiger partial charge in [-0.1, -0.05) is 48.5 Å². The number of para-hydroxylation sites is 2. The van der Waals surface area contributed by atoms with Crippen molar-refractivity contribution >= 4 is 58.0 Å². The second kappa shape index (κ2) is 12.8. The van der Waals surface area contributed by atoms with Crippen LogP contribution in [0.15, 0.2) is 66.7 Å². The number of aldehydes is 1. The smallest absolute Gasteiger partial charge is 0.305 e. The molecular formula is C29H29N5O7. The summed E-state index contributed by atoms with van der Waals surface area (Å²) in [6.45, 7) is -0.849. The van der Waals surface area contributed by atoms with Crippen LogP contribution in [0.5, 0.6) is 0 Å². The number of rotatable bonds is 10. The number of hydrogen-bond acceptors (Lipinski definition) is 7. The van der Waals surface area contributed by atoms with Crippen LogP contribution in [0.4, 0.5) is 11.4 Å². The summed E-state index contributed by atoms with van der Waals surface area (Å²) in [5.74, 6) is -3.65. The van der Waals surface area contributed by atoms with Crippen molar-refractivity contribution in [2.75, 3.05) is 36.5 Å². The number of amides is 4. The van der Waals surface area contributed by atoms with E-state index in [0.29, 0.717) is 22.9 Å². The van der Waals surface area contributed by atoms with Crippen LogP contribution in [-0.2, 0) is 24.0 Å². The Labute approximate surface area is 235 Å². The average molecular weight is 560 g/mol. The Kier molecular flexibility index (Phi) is 9.05. The van der Waals surface area contributed by atoms with Crippen LogP contribution >= 0.6 is 0 Å². The van der Waals surface area contributed by atoms with E-state index in [1.807, 2.05) is 18.2 Å². The van der Waals surface area contributed by atoms with E-state index in [9.17, 15) is 28.8 Å². The molecule has 12 nitrogen and oxygen atoms in total. The second-order valence-corrected chi connectivity index (χ2v) is 9.41. The van der Waals surface area contributed by atoms with Gasteiger partial charge in [0, 0.05) is 5.56 Å². The number of carbonyl (C=O) groups is 6. The molecule has 3 aromatic rings. The molecule has 4 rings (SSSR count). The third kappa shape index (κ3) is 6.56. The van der Waals surface area contributed by atoms with Gasteiger partial charge < -0.3 is 30.8 Å². The molecule has 1 aliphatic rings. The number of nitrogens with one attached hydrogen (secondary N) is 3. The van der Waals surface area contributed by atoms with E-state index in [0.717, 1.165) is 10.3 Å². The minimum Gasteiger partial charge on any atom is -0.481 e. The van der Waals surface area contributed by atoms with E-state index in [-0.39, 0.29) is 24.7 Å². The maximum atomic E-state index is 13.9. The quantitative estimate of drug-likeness (QED) is 0.264. The lowest BCUT2D eigenvalue weighted by molar-refractivity contribution is -0.139. The minimum atomic E-state index is -1.30. The standard InChI is InChI=1S/C29H29N5O7/c1-30-14-26(37)33-15-22(32-28(40)21-10-6-8-18-7-2-3-9-20(18)21)29(41)34(24-12-5-4-11-23(24)33)16-25(36)31-19(17-35)13-27(38)39/h2-12,17,19,22,30H,13-16H2,1H3,(H,31,36)(H,32,40)(H,38,39)/t19?,22-/m0/s1. The number of carboxylic acid groups (broad SMARTS) is 1. The molecule has 0 radical (unpaired) electrons. The maximum Gasteiger partial charge on any atom is 0.305 e. The molecule has 1 heterocycles. The maximum absolute atomic E-state index is 13.9. The van der Waals surface area contributed by atoms with Gasteiger partial charge in [0.1, 0.15) is 18.9 Å². The first kappa shape index (κ1) is 28.9. The number of aliphatic carboxylic acids is 1. The molecule has 0 saturated carbocycles. The molecule has 3 aromatic carbocycles. The predicted molar refractivity (Wildman–Crippen MR) is 151 cm³/mol. The fraction of sp³-hybridized carbons (Fsp3) is 0.241. The Hall–Kier alpha value is -5.10. The molecule has 0 fully saturated rings. The summed E-state index contributed by atoms with van der Waals surface area (Å²) in [6.07, 6.45) is -0.328. The molecule has 0 spiro atoms. The molecule has 0 saturated heterocycles. The van der Waals surface area contributed by atoms with Crippen molar-refractivity contribution in [1.82, 2.24) is 16.0 Å². The highest BCUT2D eigenvalue weighted by Gasteiger charge is 2.38. The third-order valence-corrected chi connectivity index (χ3v) is 6.57. The van der Waals surface area contributed by atoms with Crippen molar-refractivity contribution in [3.8, 4) is 0 Å². The Morgan fingerprint density at radius 1 is 1.00 bits per heavy atom. The van der Waals surface area contributed by atoms with Crippen molar-refractivity contribution < 1.29 is 33.9 Å². The lowest BCUT2D eigenvalue weighted by atomic mass is 10.0. The van der Waals surface area contributed by atoms with Crippen LogP contribution in [0, 0.1) is 0 Å². The first-order valence-corrected chi connectivity index (χ1v) is 12.8. The molecule has 0 aliphatic carbocycles. The van der Waals surface area contributed by atoms with Crippen molar-refractivity contribution in [2.24, 2.45) is 0 Å².